The molecular formula is C11H14NOS4+. The summed E-state index contributed by atoms with van der Waals surface area (Å²) >= 11 is 7.23. The van der Waals surface area contributed by atoms with Gasteiger partial charge in [-0.2, -0.15) is 0 Å². The van der Waals surface area contributed by atoms with Crippen molar-refractivity contribution in [1.82, 2.24) is 4.58 Å². The lowest BCUT2D eigenvalue weighted by Gasteiger charge is -1.99. The zero-order valence-electron chi connectivity index (χ0n) is 10.1. The average molecular weight is 305 g/mol. The maximum absolute atomic E-state index is 5.34. The molecule has 0 N–H and O–H groups in total. The highest BCUT2D eigenvalue weighted by Gasteiger charge is 2.13. The van der Waals surface area contributed by atoms with Crippen LogP contribution in [0.1, 0.15) is 4.88 Å². The van der Waals surface area contributed by atoms with Crippen molar-refractivity contribution < 1.29 is 4.74 Å². The van der Waals surface area contributed by atoms with E-state index in [1.165, 1.54) is 17.3 Å². The molecule has 0 saturated carbocycles. The highest BCUT2D eigenvalue weighted by molar-refractivity contribution is 8.03. The normalized spacial score (nSPS) is 10.6. The number of thiophene rings is 1. The van der Waals surface area contributed by atoms with Crippen molar-refractivity contribution in [3.8, 4) is 5.75 Å². The maximum atomic E-state index is 5.34. The van der Waals surface area contributed by atoms with Gasteiger partial charge >= 0.3 is 3.98 Å². The zero-order chi connectivity index (χ0) is 12.4. The summed E-state index contributed by atoms with van der Waals surface area (Å²) in [7, 11) is 5.89. The molecule has 0 fully saturated rings. The molecule has 0 atom stereocenters. The number of hydrogen-bond donors (Lipinski definition) is 0. The lowest BCUT2D eigenvalue weighted by atomic mass is 10.6. The third-order valence-electron chi connectivity index (χ3n) is 2.07. The van der Waals surface area contributed by atoms with E-state index in [1.54, 1.807) is 30.2 Å². The fourth-order valence-corrected chi connectivity index (χ4v) is 6.24. The molecule has 2 aromatic rings. The van der Waals surface area contributed by atoms with Gasteiger partial charge < -0.3 is 4.74 Å². The van der Waals surface area contributed by atoms with E-state index in [0.717, 1.165) is 5.75 Å². The summed E-state index contributed by atoms with van der Waals surface area (Å²) in [4.78, 5) is 1.37. The van der Waals surface area contributed by atoms with Crippen LogP contribution >= 0.6 is 45.8 Å². The van der Waals surface area contributed by atoms with Crippen molar-refractivity contribution in [2.75, 3.05) is 21.2 Å². The van der Waals surface area contributed by atoms with Crippen LogP contribution in [0, 0.1) is 6.92 Å². The van der Waals surface area contributed by atoms with Crippen LogP contribution < -0.4 is 13.3 Å². The Morgan fingerprint density at radius 2 is 2.00 bits per heavy atom. The van der Waals surface area contributed by atoms with Gasteiger partial charge in [0.15, 0.2) is 0 Å². The lowest BCUT2D eigenvalue weighted by Crippen LogP contribution is -2.14. The Bertz CT molecular complexity index is 574. The molecule has 0 aliphatic carbocycles. The molecule has 2 heterocycles. The predicted molar refractivity (Wildman–Crippen MR) is 79.0 cm³/mol. The van der Waals surface area contributed by atoms with Crippen LogP contribution in [0.3, 0.4) is 0 Å². The number of methoxy groups -OCH3 is 1. The van der Waals surface area contributed by atoms with Gasteiger partial charge in [0.1, 0.15) is 24.1 Å². The van der Waals surface area contributed by atoms with Gasteiger partial charge in [-0.15, -0.1) is 11.3 Å². The van der Waals surface area contributed by atoms with E-state index >= 15 is 0 Å². The first-order chi connectivity index (χ1) is 8.11. The molecule has 0 aliphatic heterocycles. The summed E-state index contributed by atoms with van der Waals surface area (Å²) in [6, 6.07) is 2.02. The fourth-order valence-electron chi connectivity index (χ4n) is 1.21. The van der Waals surface area contributed by atoms with Crippen LogP contribution in [0.2, 0.25) is 0 Å². The largest absolute Gasteiger partial charge is 0.495 e. The van der Waals surface area contributed by atoms with Crippen LogP contribution in [0.5, 0.6) is 5.75 Å². The molecule has 17 heavy (non-hydrogen) atoms. The lowest BCUT2D eigenvalue weighted by molar-refractivity contribution is 0.408. The summed E-state index contributed by atoms with van der Waals surface area (Å²) in [6.07, 6.45) is 0. The molecule has 0 spiro atoms. The van der Waals surface area contributed by atoms with Gasteiger partial charge in [-0.3, -0.25) is 0 Å². The smallest absolute Gasteiger partial charge is 0.314 e. The Morgan fingerprint density at radius 3 is 2.59 bits per heavy atom. The van der Waals surface area contributed by atoms with Gasteiger partial charge in [-0.1, -0.05) is 23.1 Å². The molecular weight excluding hydrogens is 290 g/mol. The molecule has 0 saturated heterocycles. The second-order valence-corrected chi connectivity index (χ2v) is 8.50. The number of rotatable bonds is 3. The number of aryl methyl sites for hydroxylation is 1. The number of ether oxygens (including phenoxy) is 1. The monoisotopic (exact) mass is 304 g/mol. The van der Waals surface area contributed by atoms with Crippen LogP contribution in [0.15, 0.2) is 19.9 Å². The van der Waals surface area contributed by atoms with E-state index in [4.69, 9.17) is 4.74 Å². The molecule has 6 heteroatoms. The topological polar surface area (TPSA) is 12.2 Å². The highest BCUT2D eigenvalue weighted by atomic mass is 32.2. The Hall–Kier alpha value is -0.300. The Labute approximate surface area is 117 Å². The van der Waals surface area contributed by atoms with Gasteiger partial charge in [0.2, 0.25) is 0 Å². The Kier molecular flexibility index (Phi) is 4.30. The van der Waals surface area contributed by atoms with Crippen LogP contribution in [0.4, 0.5) is 0 Å². The third kappa shape index (κ3) is 2.93. The van der Waals surface area contributed by atoms with E-state index in [9.17, 15) is 0 Å². The molecule has 0 bridgehead atoms. The number of hydrogen-bond acceptors (Lipinski definition) is 5. The molecule has 0 aliphatic rings. The van der Waals surface area contributed by atoms with E-state index in [0.29, 0.717) is 0 Å². The summed E-state index contributed by atoms with van der Waals surface area (Å²) in [5.41, 5.74) is 0. The van der Waals surface area contributed by atoms with Crippen molar-refractivity contribution in [2.24, 2.45) is 0 Å². The molecule has 0 aromatic carbocycles. The van der Waals surface area contributed by atoms with Crippen LogP contribution in [0.25, 0.3) is 0 Å². The van der Waals surface area contributed by atoms with Gasteiger partial charge in [0.05, 0.1) is 11.3 Å². The molecule has 2 rings (SSSR count). The summed E-state index contributed by atoms with van der Waals surface area (Å²) in [5.74, 6) is 0.976. The van der Waals surface area contributed by atoms with Crippen LogP contribution in [-0.2, 0) is 0 Å². The van der Waals surface area contributed by atoms with Gasteiger partial charge in [0, 0.05) is 4.88 Å². The second-order valence-electron chi connectivity index (χ2n) is 3.59. The zero-order valence-corrected chi connectivity index (χ0v) is 13.4. The van der Waals surface area contributed by atoms with Crippen molar-refractivity contribution in [2.45, 2.75) is 15.3 Å². The quantitative estimate of drug-likeness (QED) is 0.806. The Morgan fingerprint density at radius 1 is 1.24 bits per heavy atom. The molecule has 2 aromatic heterocycles. The minimum Gasteiger partial charge on any atom is -0.495 e. The van der Waals surface area contributed by atoms with E-state index < -0.39 is 0 Å². The van der Waals surface area contributed by atoms with Crippen molar-refractivity contribution in [3.63, 3.8) is 0 Å². The van der Waals surface area contributed by atoms with Gasteiger partial charge in [-0.05, 0) is 29.7 Å². The molecule has 0 amide bonds. The predicted octanol–water partition coefficient (Wildman–Crippen LogP) is 3.37. The fraction of sp³-hybridized carbons (Fsp3) is 0.364. The second kappa shape index (κ2) is 5.56. The summed E-state index contributed by atoms with van der Waals surface area (Å²) in [5, 5.41) is 2.07. The first kappa shape index (κ1) is 13.1. The standard InChI is InChI=1S/C11H14NOS4/c1-7-9(17-11(15-7)12(2)3)16-10-8(13-4)5-6-14-10/h5-6H,1-4H3/q+1. The minimum absolute atomic E-state index is 0.976. The molecule has 0 radical (unpaired) electrons. The van der Waals surface area contributed by atoms with Crippen molar-refractivity contribution in [1.29, 1.82) is 0 Å². The third-order valence-corrected chi connectivity index (χ3v) is 7.52. The molecule has 0 unspecified atom stereocenters. The van der Waals surface area contributed by atoms with E-state index in [1.807, 2.05) is 28.7 Å². The van der Waals surface area contributed by atoms with E-state index in [-0.39, 0.29) is 0 Å². The van der Waals surface area contributed by atoms with E-state index in [2.05, 4.69) is 31.0 Å². The average Bonchev–Trinajstić information content (AvgIpc) is 2.87. The maximum Gasteiger partial charge on any atom is 0.314 e. The van der Waals surface area contributed by atoms with Gasteiger partial charge in [-0.25, -0.2) is 4.58 Å². The summed E-state index contributed by atoms with van der Waals surface area (Å²) < 4.78 is 11.4. The van der Waals surface area contributed by atoms with Crippen LogP contribution in [-0.4, -0.2) is 21.2 Å². The minimum atomic E-state index is 0.976. The molecule has 92 valence electrons. The first-order valence-corrected chi connectivity index (χ1v) is 8.35. The SMILES string of the molecule is COc1ccsc1Sc1sc(=[N+](C)C)sc1C. The van der Waals surface area contributed by atoms with Crippen molar-refractivity contribution in [3.05, 3.63) is 20.3 Å². The molecule has 2 nitrogen and oxygen atoms in total. The summed E-state index contributed by atoms with van der Waals surface area (Å²) in [6.45, 7) is 2.18. The first-order valence-electron chi connectivity index (χ1n) is 5.02. The number of nitrogens with zero attached hydrogens (tertiary/aromatic N) is 1. The van der Waals surface area contributed by atoms with Gasteiger partial charge in [0.25, 0.3) is 0 Å². The highest BCUT2D eigenvalue weighted by Crippen LogP contribution is 2.42. The Balaban J connectivity index is 2.34. The van der Waals surface area contributed by atoms with Crippen molar-refractivity contribution >= 4 is 45.8 Å².